The van der Waals surface area contributed by atoms with Crippen LogP contribution < -0.4 is 5.32 Å². The number of Topliss-reactive ketones (excluding diaryl/α,β-unsaturated/α-hetero) is 1. The van der Waals surface area contributed by atoms with Crippen molar-refractivity contribution < 1.29 is 4.79 Å². The molecule has 90 valence electrons. The van der Waals surface area contributed by atoms with Crippen LogP contribution in [-0.4, -0.2) is 12.3 Å². The number of dihydropyridines is 1. The summed E-state index contributed by atoms with van der Waals surface area (Å²) in [5.41, 5.74) is 1.24. The standard InChI is InChI=1S/C10H12O.C5H7N/c1-9(11)7-8-10-5-3-2-4-6-10;1-2-4-6-5-3-1/h2-6H,7-8H2,1H3;1-4,6H,5H2. The van der Waals surface area contributed by atoms with E-state index in [1.807, 2.05) is 48.7 Å². The molecule has 0 saturated heterocycles. The fourth-order valence-corrected chi connectivity index (χ4v) is 1.37. The van der Waals surface area contributed by atoms with Crippen LogP contribution in [-0.2, 0) is 11.2 Å². The van der Waals surface area contributed by atoms with E-state index in [0.717, 1.165) is 13.0 Å². The molecular weight excluding hydrogens is 210 g/mol. The third kappa shape index (κ3) is 7.12. The van der Waals surface area contributed by atoms with E-state index in [0.29, 0.717) is 6.42 Å². The van der Waals surface area contributed by atoms with Crippen molar-refractivity contribution in [2.45, 2.75) is 19.8 Å². The van der Waals surface area contributed by atoms with E-state index in [4.69, 9.17) is 0 Å². The van der Waals surface area contributed by atoms with Gasteiger partial charge in [-0.25, -0.2) is 0 Å². The minimum absolute atomic E-state index is 0.258. The Kier molecular flexibility index (Phi) is 6.49. The smallest absolute Gasteiger partial charge is 0.130 e. The van der Waals surface area contributed by atoms with Crippen molar-refractivity contribution in [3.05, 3.63) is 60.3 Å². The number of rotatable bonds is 3. The molecule has 0 fully saturated rings. The highest BCUT2D eigenvalue weighted by Crippen LogP contribution is 2.01. The number of allylic oxidation sites excluding steroid dienone is 2. The zero-order valence-electron chi connectivity index (χ0n) is 10.2. The number of ketones is 1. The molecule has 2 heteroatoms. The first kappa shape index (κ1) is 13.2. The van der Waals surface area contributed by atoms with Crippen molar-refractivity contribution in [3.63, 3.8) is 0 Å². The third-order valence-electron chi connectivity index (χ3n) is 2.31. The second kappa shape index (κ2) is 8.34. The Hall–Kier alpha value is -1.83. The van der Waals surface area contributed by atoms with Gasteiger partial charge in [0, 0.05) is 13.0 Å². The van der Waals surface area contributed by atoms with Gasteiger partial charge in [0.25, 0.3) is 0 Å². The molecule has 2 nitrogen and oxygen atoms in total. The molecule has 0 aliphatic carbocycles. The van der Waals surface area contributed by atoms with Gasteiger partial charge in [0.2, 0.25) is 0 Å². The van der Waals surface area contributed by atoms with Crippen LogP contribution in [0.4, 0.5) is 0 Å². The molecule has 0 spiro atoms. The molecule has 1 N–H and O–H groups in total. The van der Waals surface area contributed by atoms with E-state index in [-0.39, 0.29) is 5.78 Å². The SMILES string of the molecule is C1=CCNC=C1.CC(=O)CCc1ccccc1. The summed E-state index contributed by atoms with van der Waals surface area (Å²) in [6.07, 6.45) is 9.53. The van der Waals surface area contributed by atoms with Crippen LogP contribution in [0.3, 0.4) is 0 Å². The van der Waals surface area contributed by atoms with Crippen molar-refractivity contribution >= 4 is 5.78 Å². The average Bonchev–Trinajstić information content (AvgIpc) is 2.40. The molecule has 0 amide bonds. The van der Waals surface area contributed by atoms with Crippen LogP contribution in [0, 0.1) is 0 Å². The monoisotopic (exact) mass is 229 g/mol. The Morgan fingerprint density at radius 2 is 2.00 bits per heavy atom. The summed E-state index contributed by atoms with van der Waals surface area (Å²) in [6.45, 7) is 2.61. The van der Waals surface area contributed by atoms with Crippen molar-refractivity contribution in [1.82, 2.24) is 5.32 Å². The summed E-state index contributed by atoms with van der Waals surface area (Å²) < 4.78 is 0. The lowest BCUT2D eigenvalue weighted by Crippen LogP contribution is -2.05. The maximum absolute atomic E-state index is 10.6. The minimum atomic E-state index is 0.258. The molecular formula is C15H19NO. The molecule has 1 aromatic rings. The van der Waals surface area contributed by atoms with Crippen molar-refractivity contribution in [3.8, 4) is 0 Å². The minimum Gasteiger partial charge on any atom is -0.387 e. The summed E-state index contributed by atoms with van der Waals surface area (Å²) in [5.74, 6) is 0.258. The predicted octanol–water partition coefficient (Wildman–Crippen LogP) is 2.87. The maximum Gasteiger partial charge on any atom is 0.130 e. The average molecular weight is 229 g/mol. The van der Waals surface area contributed by atoms with Crippen molar-refractivity contribution in [2.75, 3.05) is 6.54 Å². The first-order chi connectivity index (χ1) is 8.29. The largest absolute Gasteiger partial charge is 0.387 e. The number of nitrogens with one attached hydrogen (secondary N) is 1. The summed E-state index contributed by atoms with van der Waals surface area (Å²) in [6, 6.07) is 10.1. The fraction of sp³-hybridized carbons (Fsp3) is 0.267. The molecule has 1 heterocycles. The van der Waals surface area contributed by atoms with E-state index in [9.17, 15) is 4.79 Å². The van der Waals surface area contributed by atoms with Crippen LogP contribution in [0.5, 0.6) is 0 Å². The Labute approximate surface area is 103 Å². The van der Waals surface area contributed by atoms with E-state index in [2.05, 4.69) is 11.4 Å². The van der Waals surface area contributed by atoms with Crippen LogP contribution in [0.1, 0.15) is 18.9 Å². The molecule has 0 bridgehead atoms. The Morgan fingerprint density at radius 1 is 1.24 bits per heavy atom. The molecule has 17 heavy (non-hydrogen) atoms. The lowest BCUT2D eigenvalue weighted by molar-refractivity contribution is -0.116. The van der Waals surface area contributed by atoms with Crippen LogP contribution in [0.15, 0.2) is 54.8 Å². The molecule has 1 aliphatic heterocycles. The van der Waals surface area contributed by atoms with E-state index < -0.39 is 0 Å². The normalized spacial score (nSPS) is 12.3. The lowest BCUT2D eigenvalue weighted by Gasteiger charge is -1.96. The molecule has 0 unspecified atom stereocenters. The zero-order valence-corrected chi connectivity index (χ0v) is 10.2. The Morgan fingerprint density at radius 3 is 2.41 bits per heavy atom. The van der Waals surface area contributed by atoms with Gasteiger partial charge >= 0.3 is 0 Å². The second-order valence-corrected chi connectivity index (χ2v) is 3.88. The number of carbonyl (C=O) groups is 1. The molecule has 1 aliphatic rings. The highest BCUT2D eigenvalue weighted by Gasteiger charge is 1.94. The van der Waals surface area contributed by atoms with Gasteiger partial charge in [0.1, 0.15) is 5.78 Å². The van der Waals surface area contributed by atoms with E-state index in [1.54, 1.807) is 6.92 Å². The van der Waals surface area contributed by atoms with Gasteiger partial charge in [0.15, 0.2) is 0 Å². The van der Waals surface area contributed by atoms with Crippen molar-refractivity contribution in [1.29, 1.82) is 0 Å². The van der Waals surface area contributed by atoms with Crippen molar-refractivity contribution in [2.24, 2.45) is 0 Å². The van der Waals surface area contributed by atoms with E-state index >= 15 is 0 Å². The number of carbonyl (C=O) groups excluding carboxylic acids is 1. The third-order valence-corrected chi connectivity index (χ3v) is 2.31. The zero-order chi connectivity index (χ0) is 12.3. The molecule has 2 rings (SSSR count). The van der Waals surface area contributed by atoms with Gasteiger partial charge < -0.3 is 10.1 Å². The van der Waals surface area contributed by atoms with Crippen LogP contribution in [0.25, 0.3) is 0 Å². The maximum atomic E-state index is 10.6. The summed E-state index contributed by atoms with van der Waals surface area (Å²) in [4.78, 5) is 10.6. The topological polar surface area (TPSA) is 29.1 Å². The first-order valence-corrected chi connectivity index (χ1v) is 5.87. The van der Waals surface area contributed by atoms with Gasteiger partial charge in [0.05, 0.1) is 0 Å². The van der Waals surface area contributed by atoms with Crippen LogP contribution in [0.2, 0.25) is 0 Å². The molecule has 0 radical (unpaired) electrons. The fourth-order valence-electron chi connectivity index (χ4n) is 1.37. The Balaban J connectivity index is 0.000000202. The second-order valence-electron chi connectivity index (χ2n) is 3.88. The number of benzene rings is 1. The Bertz CT molecular complexity index is 367. The van der Waals surface area contributed by atoms with Gasteiger partial charge in [-0.1, -0.05) is 42.5 Å². The molecule has 0 atom stereocenters. The summed E-state index contributed by atoms with van der Waals surface area (Å²) in [5, 5.41) is 3.02. The highest BCUT2D eigenvalue weighted by molar-refractivity contribution is 5.75. The summed E-state index contributed by atoms with van der Waals surface area (Å²) >= 11 is 0. The highest BCUT2D eigenvalue weighted by atomic mass is 16.1. The quantitative estimate of drug-likeness (QED) is 0.863. The van der Waals surface area contributed by atoms with Gasteiger partial charge in [-0.3, -0.25) is 0 Å². The molecule has 1 aromatic carbocycles. The van der Waals surface area contributed by atoms with Gasteiger partial charge in [-0.15, -0.1) is 0 Å². The van der Waals surface area contributed by atoms with Gasteiger partial charge in [-0.2, -0.15) is 0 Å². The van der Waals surface area contributed by atoms with Gasteiger partial charge in [-0.05, 0) is 31.2 Å². The lowest BCUT2D eigenvalue weighted by atomic mass is 10.1. The number of hydrogen-bond acceptors (Lipinski definition) is 2. The summed E-state index contributed by atoms with van der Waals surface area (Å²) in [7, 11) is 0. The molecule has 0 aromatic heterocycles. The number of aryl methyl sites for hydroxylation is 1. The molecule has 0 saturated carbocycles. The van der Waals surface area contributed by atoms with Crippen LogP contribution >= 0.6 is 0 Å². The number of hydrogen-bond donors (Lipinski definition) is 1. The predicted molar refractivity (Wildman–Crippen MR) is 71.7 cm³/mol. The first-order valence-electron chi connectivity index (χ1n) is 5.87. The van der Waals surface area contributed by atoms with E-state index in [1.165, 1.54) is 5.56 Å².